The molecule has 0 saturated carbocycles. The quantitative estimate of drug-likeness (QED) is 0.854. The average molecular weight is 334 g/mol. The summed E-state index contributed by atoms with van der Waals surface area (Å²) in [5.74, 6) is 2.29. The fraction of sp³-hybridized carbons (Fsp3) is 0.438. The SMILES string of the molecule is COc1ncc(CN2CCN(c3ccnc(C)n3)CC2)cc1Cl. The number of methoxy groups -OCH3 is 1. The van der Waals surface area contributed by atoms with E-state index in [0.29, 0.717) is 10.9 Å². The number of rotatable bonds is 4. The van der Waals surface area contributed by atoms with Crippen LogP contribution in [0.3, 0.4) is 0 Å². The molecule has 1 fully saturated rings. The van der Waals surface area contributed by atoms with Gasteiger partial charge in [-0.25, -0.2) is 15.0 Å². The molecule has 0 aliphatic carbocycles. The molecule has 7 heteroatoms. The number of anilines is 1. The number of ether oxygens (including phenoxy) is 1. The molecule has 0 radical (unpaired) electrons. The summed E-state index contributed by atoms with van der Waals surface area (Å²) < 4.78 is 5.09. The molecule has 0 amide bonds. The number of aryl methyl sites for hydroxylation is 1. The molecule has 2 aromatic rings. The van der Waals surface area contributed by atoms with E-state index in [0.717, 1.165) is 49.9 Å². The molecule has 6 nitrogen and oxygen atoms in total. The molecule has 0 unspecified atom stereocenters. The molecule has 3 rings (SSSR count). The van der Waals surface area contributed by atoms with Gasteiger partial charge < -0.3 is 9.64 Å². The van der Waals surface area contributed by atoms with E-state index in [-0.39, 0.29) is 0 Å². The largest absolute Gasteiger partial charge is 0.480 e. The molecular weight excluding hydrogens is 314 g/mol. The minimum Gasteiger partial charge on any atom is -0.480 e. The van der Waals surface area contributed by atoms with Gasteiger partial charge in [-0.15, -0.1) is 0 Å². The highest BCUT2D eigenvalue weighted by molar-refractivity contribution is 6.31. The van der Waals surface area contributed by atoms with Gasteiger partial charge in [0.05, 0.1) is 7.11 Å². The van der Waals surface area contributed by atoms with Gasteiger partial charge in [0.1, 0.15) is 16.7 Å². The van der Waals surface area contributed by atoms with Crippen molar-refractivity contribution in [2.24, 2.45) is 0 Å². The normalized spacial score (nSPS) is 15.7. The van der Waals surface area contributed by atoms with Gasteiger partial charge in [0, 0.05) is 45.1 Å². The first kappa shape index (κ1) is 16.0. The van der Waals surface area contributed by atoms with Crippen molar-refractivity contribution in [3.05, 3.63) is 40.9 Å². The Labute approximate surface area is 141 Å². The third-order valence-corrected chi connectivity index (χ3v) is 4.19. The molecule has 0 atom stereocenters. The van der Waals surface area contributed by atoms with Crippen LogP contribution in [0.1, 0.15) is 11.4 Å². The second-order valence-electron chi connectivity index (χ2n) is 5.56. The van der Waals surface area contributed by atoms with Crippen molar-refractivity contribution in [3.63, 3.8) is 0 Å². The molecule has 0 N–H and O–H groups in total. The maximum atomic E-state index is 6.14. The van der Waals surface area contributed by atoms with Crippen molar-refractivity contribution >= 4 is 17.4 Å². The monoisotopic (exact) mass is 333 g/mol. The first-order chi connectivity index (χ1) is 11.2. The van der Waals surface area contributed by atoms with E-state index < -0.39 is 0 Å². The molecular formula is C16H20ClN5O. The van der Waals surface area contributed by atoms with Gasteiger partial charge in [0.2, 0.25) is 5.88 Å². The lowest BCUT2D eigenvalue weighted by Gasteiger charge is -2.35. The Morgan fingerprint density at radius 1 is 1.22 bits per heavy atom. The molecule has 1 aliphatic rings. The number of hydrogen-bond donors (Lipinski definition) is 0. The number of piperazine rings is 1. The summed E-state index contributed by atoms with van der Waals surface area (Å²) in [6, 6.07) is 3.89. The van der Waals surface area contributed by atoms with Gasteiger partial charge in [-0.2, -0.15) is 0 Å². The Kier molecular flexibility index (Phi) is 4.93. The van der Waals surface area contributed by atoms with Crippen LogP contribution in [0.25, 0.3) is 0 Å². The van der Waals surface area contributed by atoms with Crippen molar-refractivity contribution in [2.45, 2.75) is 13.5 Å². The standard InChI is InChI=1S/C16H20ClN5O/c1-12-18-4-3-15(20-12)22-7-5-21(6-8-22)11-13-9-14(17)16(23-2)19-10-13/h3-4,9-10H,5-8,11H2,1-2H3. The Morgan fingerprint density at radius 3 is 2.65 bits per heavy atom. The van der Waals surface area contributed by atoms with Crippen LogP contribution in [0, 0.1) is 6.92 Å². The van der Waals surface area contributed by atoms with Crippen molar-refractivity contribution in [3.8, 4) is 5.88 Å². The molecule has 23 heavy (non-hydrogen) atoms. The molecule has 0 aromatic carbocycles. The topological polar surface area (TPSA) is 54.4 Å². The van der Waals surface area contributed by atoms with Crippen LogP contribution in [-0.2, 0) is 6.54 Å². The second kappa shape index (κ2) is 7.10. The minimum atomic E-state index is 0.472. The van der Waals surface area contributed by atoms with Gasteiger partial charge in [-0.1, -0.05) is 11.6 Å². The van der Waals surface area contributed by atoms with E-state index in [2.05, 4.69) is 24.8 Å². The van der Waals surface area contributed by atoms with Crippen molar-refractivity contribution in [1.82, 2.24) is 19.9 Å². The summed E-state index contributed by atoms with van der Waals surface area (Å²) in [6.07, 6.45) is 3.64. The summed E-state index contributed by atoms with van der Waals surface area (Å²) >= 11 is 6.14. The summed E-state index contributed by atoms with van der Waals surface area (Å²) in [6.45, 7) is 6.62. The predicted octanol–water partition coefficient (Wildman–Crippen LogP) is 2.16. The van der Waals surface area contributed by atoms with Crippen LogP contribution in [0.4, 0.5) is 5.82 Å². The lowest BCUT2D eigenvalue weighted by molar-refractivity contribution is 0.249. The molecule has 3 heterocycles. The lowest BCUT2D eigenvalue weighted by Crippen LogP contribution is -2.46. The third-order valence-electron chi connectivity index (χ3n) is 3.92. The Hall–Kier alpha value is -1.92. The van der Waals surface area contributed by atoms with E-state index >= 15 is 0 Å². The molecule has 122 valence electrons. The zero-order valence-corrected chi connectivity index (χ0v) is 14.1. The van der Waals surface area contributed by atoms with Crippen LogP contribution >= 0.6 is 11.6 Å². The lowest BCUT2D eigenvalue weighted by atomic mass is 10.2. The highest BCUT2D eigenvalue weighted by Crippen LogP contribution is 2.23. The Bertz CT molecular complexity index is 673. The highest BCUT2D eigenvalue weighted by Gasteiger charge is 2.18. The zero-order chi connectivity index (χ0) is 16.2. The van der Waals surface area contributed by atoms with E-state index in [1.54, 1.807) is 7.11 Å². The number of nitrogens with zero attached hydrogens (tertiary/aromatic N) is 5. The van der Waals surface area contributed by atoms with Crippen LogP contribution in [-0.4, -0.2) is 53.1 Å². The molecule has 1 saturated heterocycles. The molecule has 0 spiro atoms. The number of pyridine rings is 1. The number of halogens is 1. The molecule has 0 bridgehead atoms. The number of hydrogen-bond acceptors (Lipinski definition) is 6. The van der Waals surface area contributed by atoms with Crippen molar-refractivity contribution < 1.29 is 4.74 Å². The molecule has 1 aliphatic heterocycles. The fourth-order valence-electron chi connectivity index (χ4n) is 2.71. The smallest absolute Gasteiger partial charge is 0.232 e. The first-order valence-electron chi connectivity index (χ1n) is 7.61. The third kappa shape index (κ3) is 3.89. The van der Waals surface area contributed by atoms with Gasteiger partial charge in [0.15, 0.2) is 0 Å². The second-order valence-corrected chi connectivity index (χ2v) is 5.97. The summed E-state index contributed by atoms with van der Waals surface area (Å²) in [5.41, 5.74) is 1.10. The van der Waals surface area contributed by atoms with Gasteiger partial charge in [-0.05, 0) is 24.6 Å². The Balaban J connectivity index is 1.58. The van der Waals surface area contributed by atoms with Crippen molar-refractivity contribution in [1.29, 1.82) is 0 Å². The summed E-state index contributed by atoms with van der Waals surface area (Å²) in [5, 5.41) is 0.556. The van der Waals surface area contributed by atoms with E-state index in [1.165, 1.54) is 0 Å². The van der Waals surface area contributed by atoms with Gasteiger partial charge in [0.25, 0.3) is 0 Å². The van der Waals surface area contributed by atoms with E-state index in [1.807, 2.05) is 31.5 Å². The maximum Gasteiger partial charge on any atom is 0.232 e. The minimum absolute atomic E-state index is 0.472. The van der Waals surface area contributed by atoms with Crippen LogP contribution < -0.4 is 9.64 Å². The molecule has 2 aromatic heterocycles. The maximum absolute atomic E-state index is 6.14. The predicted molar refractivity (Wildman–Crippen MR) is 90.1 cm³/mol. The van der Waals surface area contributed by atoms with Crippen LogP contribution in [0.5, 0.6) is 5.88 Å². The van der Waals surface area contributed by atoms with E-state index in [4.69, 9.17) is 16.3 Å². The van der Waals surface area contributed by atoms with Gasteiger partial charge >= 0.3 is 0 Å². The number of aromatic nitrogens is 3. The summed E-state index contributed by atoms with van der Waals surface area (Å²) in [4.78, 5) is 17.6. The van der Waals surface area contributed by atoms with Gasteiger partial charge in [-0.3, -0.25) is 4.90 Å². The highest BCUT2D eigenvalue weighted by atomic mass is 35.5. The van der Waals surface area contributed by atoms with Crippen LogP contribution in [0.2, 0.25) is 5.02 Å². The van der Waals surface area contributed by atoms with Crippen LogP contribution in [0.15, 0.2) is 24.5 Å². The van der Waals surface area contributed by atoms with E-state index in [9.17, 15) is 0 Å². The van der Waals surface area contributed by atoms with Crippen molar-refractivity contribution in [2.75, 3.05) is 38.2 Å². The zero-order valence-electron chi connectivity index (χ0n) is 13.4. The average Bonchev–Trinajstić information content (AvgIpc) is 2.56. The fourth-order valence-corrected chi connectivity index (χ4v) is 2.98. The first-order valence-corrected chi connectivity index (χ1v) is 7.99. The summed E-state index contributed by atoms with van der Waals surface area (Å²) in [7, 11) is 1.57. The Morgan fingerprint density at radius 2 is 2.00 bits per heavy atom.